The topological polar surface area (TPSA) is 54.9 Å². The van der Waals surface area contributed by atoms with Crippen molar-refractivity contribution < 1.29 is 14.3 Å². The summed E-state index contributed by atoms with van der Waals surface area (Å²) in [5.74, 6) is 0.315. The Morgan fingerprint density at radius 1 is 1.29 bits per heavy atom. The maximum atomic E-state index is 12.7. The Kier molecular flexibility index (Phi) is 4.78. The molecule has 24 heavy (non-hydrogen) atoms. The second-order valence-electron chi connectivity index (χ2n) is 6.94. The fraction of sp³-hybridized carbons (Fsp3) is 0.667. The van der Waals surface area contributed by atoms with Gasteiger partial charge in [0.1, 0.15) is 0 Å². The molecule has 0 spiro atoms. The molecule has 1 aromatic rings. The maximum Gasteiger partial charge on any atom is 0.228 e. The number of pyridine rings is 1. The van der Waals surface area contributed by atoms with Gasteiger partial charge in [0.05, 0.1) is 31.3 Å². The Bertz CT molecular complexity index is 562. The van der Waals surface area contributed by atoms with Crippen molar-refractivity contribution >= 4 is 5.91 Å². The molecule has 3 atom stereocenters. The maximum absolute atomic E-state index is 12.7. The summed E-state index contributed by atoms with van der Waals surface area (Å²) < 4.78 is 11.4. The highest BCUT2D eigenvalue weighted by Crippen LogP contribution is 2.26. The molecule has 1 aromatic heterocycles. The van der Waals surface area contributed by atoms with E-state index in [0.29, 0.717) is 13.2 Å². The number of ether oxygens (including phenoxy) is 2. The Morgan fingerprint density at radius 2 is 2.25 bits per heavy atom. The Balaban J connectivity index is 1.44. The minimum Gasteiger partial charge on any atom is -0.381 e. The van der Waals surface area contributed by atoms with Crippen LogP contribution in [0, 0.1) is 5.92 Å². The largest absolute Gasteiger partial charge is 0.381 e. The molecular weight excluding hydrogens is 306 g/mol. The summed E-state index contributed by atoms with van der Waals surface area (Å²) in [5, 5.41) is 0. The van der Waals surface area contributed by atoms with Crippen molar-refractivity contribution in [1.82, 2.24) is 14.8 Å². The number of carbonyl (C=O) groups is 1. The van der Waals surface area contributed by atoms with Gasteiger partial charge < -0.3 is 14.4 Å². The van der Waals surface area contributed by atoms with Crippen LogP contribution in [0.3, 0.4) is 0 Å². The van der Waals surface area contributed by atoms with Crippen LogP contribution in [0.4, 0.5) is 0 Å². The fourth-order valence-electron chi connectivity index (χ4n) is 4.05. The third-order valence-electron chi connectivity index (χ3n) is 5.40. The van der Waals surface area contributed by atoms with Gasteiger partial charge in [-0.3, -0.25) is 14.7 Å². The van der Waals surface area contributed by atoms with Crippen molar-refractivity contribution in [2.75, 3.05) is 39.5 Å². The minimum atomic E-state index is 0.0535. The molecule has 3 fully saturated rings. The van der Waals surface area contributed by atoms with Gasteiger partial charge in [0.25, 0.3) is 0 Å². The first-order valence-corrected chi connectivity index (χ1v) is 8.92. The highest BCUT2D eigenvalue weighted by Gasteiger charge is 2.40. The number of morpholine rings is 1. The monoisotopic (exact) mass is 331 g/mol. The molecule has 0 aliphatic carbocycles. The van der Waals surface area contributed by atoms with Gasteiger partial charge in [-0.25, -0.2) is 0 Å². The van der Waals surface area contributed by atoms with Gasteiger partial charge in [0.15, 0.2) is 0 Å². The van der Waals surface area contributed by atoms with Crippen molar-refractivity contribution in [1.29, 1.82) is 0 Å². The lowest BCUT2D eigenvalue weighted by molar-refractivity contribution is -0.147. The number of hydrogen-bond acceptors (Lipinski definition) is 5. The van der Waals surface area contributed by atoms with Crippen molar-refractivity contribution in [3.8, 4) is 0 Å². The summed E-state index contributed by atoms with van der Waals surface area (Å²) in [4.78, 5) is 21.4. The van der Waals surface area contributed by atoms with Gasteiger partial charge in [0.2, 0.25) is 5.91 Å². The average molecular weight is 331 g/mol. The Labute approximate surface area is 142 Å². The molecule has 4 rings (SSSR count). The van der Waals surface area contributed by atoms with Crippen molar-refractivity contribution in [3.63, 3.8) is 0 Å². The van der Waals surface area contributed by atoms with Crippen LogP contribution < -0.4 is 0 Å². The molecule has 0 N–H and O–H groups in total. The number of likely N-dealkylation sites (tertiary alicyclic amines) is 1. The van der Waals surface area contributed by atoms with Crippen molar-refractivity contribution in [2.24, 2.45) is 5.92 Å². The molecule has 4 heterocycles. The number of nitrogens with zero attached hydrogens (tertiary/aromatic N) is 3. The predicted molar refractivity (Wildman–Crippen MR) is 88.3 cm³/mol. The number of fused-ring (bicyclic) bond motifs is 1. The summed E-state index contributed by atoms with van der Waals surface area (Å²) in [5.41, 5.74) is 1.21. The van der Waals surface area contributed by atoms with Crippen molar-refractivity contribution in [3.05, 3.63) is 30.1 Å². The van der Waals surface area contributed by atoms with E-state index in [4.69, 9.17) is 9.47 Å². The second kappa shape index (κ2) is 7.17. The highest BCUT2D eigenvalue weighted by atomic mass is 16.5. The molecule has 6 heteroatoms. The van der Waals surface area contributed by atoms with E-state index in [1.165, 1.54) is 5.56 Å². The van der Waals surface area contributed by atoms with Gasteiger partial charge in [-0.15, -0.1) is 0 Å². The molecule has 1 unspecified atom stereocenters. The number of amides is 1. The van der Waals surface area contributed by atoms with Gasteiger partial charge >= 0.3 is 0 Å². The zero-order chi connectivity index (χ0) is 16.4. The van der Waals surface area contributed by atoms with Crippen LogP contribution in [-0.2, 0) is 20.8 Å². The SMILES string of the molecule is O=C(C1CCOC1)N1CC[C@@H]2OCCN(Cc3cccnc3)[C@H]2C1. The quantitative estimate of drug-likeness (QED) is 0.824. The molecule has 0 aromatic carbocycles. The summed E-state index contributed by atoms with van der Waals surface area (Å²) in [7, 11) is 0. The molecule has 3 aliphatic rings. The van der Waals surface area contributed by atoms with E-state index in [-0.39, 0.29) is 24.0 Å². The smallest absolute Gasteiger partial charge is 0.228 e. The summed E-state index contributed by atoms with van der Waals surface area (Å²) in [6.07, 6.45) is 5.74. The zero-order valence-corrected chi connectivity index (χ0v) is 14.0. The predicted octanol–water partition coefficient (Wildman–Crippen LogP) is 0.920. The normalized spacial score (nSPS) is 31.0. The minimum absolute atomic E-state index is 0.0535. The lowest BCUT2D eigenvalue weighted by atomic mass is 9.96. The van der Waals surface area contributed by atoms with E-state index in [0.717, 1.165) is 45.6 Å². The summed E-state index contributed by atoms with van der Waals surface area (Å²) in [6, 6.07) is 4.36. The molecule has 130 valence electrons. The fourth-order valence-corrected chi connectivity index (χ4v) is 4.05. The van der Waals surface area contributed by atoms with Gasteiger partial charge in [-0.1, -0.05) is 6.07 Å². The van der Waals surface area contributed by atoms with Crippen LogP contribution in [0.5, 0.6) is 0 Å². The summed E-state index contributed by atoms with van der Waals surface area (Å²) >= 11 is 0. The molecule has 0 saturated carbocycles. The second-order valence-corrected chi connectivity index (χ2v) is 6.94. The standard InChI is InChI=1S/C18H25N3O3/c22-18(15-4-8-23-13-15)21-6-3-17-16(12-21)20(7-9-24-17)11-14-2-1-5-19-10-14/h1-2,5,10,15-17H,3-4,6-9,11-13H2/t15?,16-,17-/m0/s1. The van der Waals surface area contributed by atoms with Crippen molar-refractivity contribution in [2.45, 2.75) is 31.5 Å². The number of carbonyl (C=O) groups excluding carboxylic acids is 1. The van der Waals surface area contributed by atoms with E-state index in [9.17, 15) is 4.79 Å². The van der Waals surface area contributed by atoms with E-state index < -0.39 is 0 Å². The molecule has 1 amide bonds. The molecular formula is C18H25N3O3. The highest BCUT2D eigenvalue weighted by molar-refractivity contribution is 5.79. The van der Waals surface area contributed by atoms with Crippen LogP contribution in [0.25, 0.3) is 0 Å². The molecule has 3 saturated heterocycles. The third kappa shape index (κ3) is 3.31. The Hall–Kier alpha value is -1.50. The number of rotatable bonds is 3. The summed E-state index contributed by atoms with van der Waals surface area (Å²) in [6.45, 7) is 5.41. The third-order valence-corrected chi connectivity index (χ3v) is 5.40. The lowest BCUT2D eigenvalue weighted by Crippen LogP contribution is -2.61. The van der Waals surface area contributed by atoms with Crippen LogP contribution in [0.1, 0.15) is 18.4 Å². The first kappa shape index (κ1) is 16.0. The zero-order valence-electron chi connectivity index (χ0n) is 14.0. The van der Waals surface area contributed by atoms with Gasteiger partial charge in [0, 0.05) is 45.2 Å². The number of aromatic nitrogens is 1. The molecule has 3 aliphatic heterocycles. The molecule has 6 nitrogen and oxygen atoms in total. The molecule has 0 radical (unpaired) electrons. The first-order chi connectivity index (χ1) is 11.8. The van der Waals surface area contributed by atoms with Crippen LogP contribution in [-0.4, -0.2) is 72.3 Å². The van der Waals surface area contributed by atoms with Crippen LogP contribution >= 0.6 is 0 Å². The number of hydrogen-bond donors (Lipinski definition) is 0. The average Bonchev–Trinajstić information content (AvgIpc) is 3.17. The van der Waals surface area contributed by atoms with E-state index in [1.54, 1.807) is 6.20 Å². The molecule has 0 bridgehead atoms. The van der Waals surface area contributed by atoms with E-state index >= 15 is 0 Å². The lowest BCUT2D eigenvalue weighted by Gasteiger charge is -2.47. The van der Waals surface area contributed by atoms with E-state index in [2.05, 4.69) is 16.0 Å². The van der Waals surface area contributed by atoms with E-state index in [1.807, 2.05) is 17.2 Å². The first-order valence-electron chi connectivity index (χ1n) is 8.92. The Morgan fingerprint density at radius 3 is 3.04 bits per heavy atom. The van der Waals surface area contributed by atoms with Gasteiger partial charge in [-0.2, -0.15) is 0 Å². The number of piperidine rings is 1. The van der Waals surface area contributed by atoms with Gasteiger partial charge in [-0.05, 0) is 24.5 Å². The van der Waals surface area contributed by atoms with Crippen LogP contribution in [0.15, 0.2) is 24.5 Å². The van der Waals surface area contributed by atoms with Crippen LogP contribution in [0.2, 0.25) is 0 Å².